The van der Waals surface area contributed by atoms with Gasteiger partial charge in [-0.15, -0.1) is 0 Å². The van der Waals surface area contributed by atoms with E-state index in [4.69, 9.17) is 9.47 Å². The van der Waals surface area contributed by atoms with Crippen LogP contribution >= 0.6 is 0 Å². The molecule has 1 atom stereocenters. The first-order valence-electron chi connectivity index (χ1n) is 8.38. The Morgan fingerprint density at radius 2 is 1.56 bits per heavy atom. The number of rotatable bonds is 6. The third-order valence-corrected chi connectivity index (χ3v) is 4.31. The third-order valence-electron chi connectivity index (χ3n) is 4.31. The van der Waals surface area contributed by atoms with Gasteiger partial charge in [0.25, 0.3) is 0 Å². The van der Waals surface area contributed by atoms with E-state index < -0.39 is 12.0 Å². The summed E-state index contributed by atoms with van der Waals surface area (Å²) in [5.41, 5.74) is 0.475. The van der Waals surface area contributed by atoms with Gasteiger partial charge in [-0.1, -0.05) is 18.2 Å². The van der Waals surface area contributed by atoms with Gasteiger partial charge in [-0.2, -0.15) is 0 Å². The number of carbonyl (C=O) groups excluding carboxylic acids is 2. The molecule has 0 amide bonds. The van der Waals surface area contributed by atoms with Crippen LogP contribution in [0.5, 0.6) is 11.5 Å². The molecule has 1 aliphatic heterocycles. The van der Waals surface area contributed by atoms with Gasteiger partial charge in [0.2, 0.25) is 0 Å². The molecule has 0 spiro atoms. The third kappa shape index (κ3) is 4.06. The molecule has 3 rings (SSSR count). The van der Waals surface area contributed by atoms with Crippen molar-refractivity contribution in [2.45, 2.75) is 18.9 Å². The van der Waals surface area contributed by atoms with Gasteiger partial charge >= 0.3 is 5.97 Å². The predicted octanol–water partition coefficient (Wildman–Crippen LogP) is 2.95. The van der Waals surface area contributed by atoms with Crippen molar-refractivity contribution in [3.8, 4) is 11.5 Å². The SMILES string of the molecule is COc1ccc(C(=O)C(C(=O)Oc2ccccc2)N2CCCC2)cc1. The second-order valence-electron chi connectivity index (χ2n) is 5.97. The van der Waals surface area contributed by atoms with Crippen LogP contribution < -0.4 is 9.47 Å². The van der Waals surface area contributed by atoms with Crippen molar-refractivity contribution in [1.82, 2.24) is 4.90 Å². The average molecular weight is 339 g/mol. The van der Waals surface area contributed by atoms with Gasteiger partial charge in [-0.05, 0) is 62.3 Å². The number of benzene rings is 2. The molecule has 0 aromatic heterocycles. The van der Waals surface area contributed by atoms with Gasteiger partial charge in [-0.3, -0.25) is 9.69 Å². The maximum atomic E-state index is 13.0. The molecule has 1 aliphatic rings. The second kappa shape index (κ2) is 7.94. The number of nitrogens with zero attached hydrogens (tertiary/aromatic N) is 1. The van der Waals surface area contributed by atoms with Gasteiger partial charge in [0, 0.05) is 5.56 Å². The van der Waals surface area contributed by atoms with Crippen molar-refractivity contribution in [1.29, 1.82) is 0 Å². The molecule has 0 aliphatic carbocycles. The van der Waals surface area contributed by atoms with Gasteiger partial charge in [0.1, 0.15) is 11.5 Å². The lowest BCUT2D eigenvalue weighted by Gasteiger charge is -2.24. The van der Waals surface area contributed by atoms with E-state index in [1.54, 1.807) is 55.6 Å². The van der Waals surface area contributed by atoms with Crippen molar-refractivity contribution in [2.24, 2.45) is 0 Å². The lowest BCUT2D eigenvalue weighted by Crippen LogP contribution is -2.47. The van der Waals surface area contributed by atoms with Crippen LogP contribution in [0.4, 0.5) is 0 Å². The molecule has 1 heterocycles. The number of ketones is 1. The summed E-state index contributed by atoms with van der Waals surface area (Å²) in [5.74, 6) is 0.333. The summed E-state index contributed by atoms with van der Waals surface area (Å²) >= 11 is 0. The molecular weight excluding hydrogens is 318 g/mol. The lowest BCUT2D eigenvalue weighted by atomic mass is 10.0. The number of hydrogen-bond donors (Lipinski definition) is 0. The van der Waals surface area contributed by atoms with E-state index in [2.05, 4.69) is 0 Å². The van der Waals surface area contributed by atoms with Gasteiger partial charge in [-0.25, -0.2) is 4.79 Å². The molecule has 2 aromatic rings. The van der Waals surface area contributed by atoms with Crippen molar-refractivity contribution in [3.63, 3.8) is 0 Å². The number of ether oxygens (including phenoxy) is 2. The number of para-hydroxylation sites is 1. The van der Waals surface area contributed by atoms with Crippen molar-refractivity contribution in [2.75, 3.05) is 20.2 Å². The Kier molecular flexibility index (Phi) is 5.46. The molecule has 5 heteroatoms. The zero-order valence-corrected chi connectivity index (χ0v) is 14.2. The van der Waals surface area contributed by atoms with Crippen LogP contribution in [0, 0.1) is 0 Å². The van der Waals surface area contributed by atoms with Crippen LogP contribution in [-0.2, 0) is 4.79 Å². The van der Waals surface area contributed by atoms with Crippen molar-refractivity contribution < 1.29 is 19.1 Å². The summed E-state index contributed by atoms with van der Waals surface area (Å²) in [6.07, 6.45) is 1.95. The summed E-state index contributed by atoms with van der Waals surface area (Å²) in [7, 11) is 1.57. The maximum Gasteiger partial charge on any atom is 0.336 e. The Morgan fingerprint density at radius 3 is 2.16 bits per heavy atom. The standard InChI is InChI=1S/C20H21NO4/c1-24-16-11-9-15(10-12-16)19(22)18(21-13-5-6-14-21)20(23)25-17-7-3-2-4-8-17/h2-4,7-12,18H,5-6,13-14H2,1H3. The van der Waals surface area contributed by atoms with Crippen LogP contribution in [0.15, 0.2) is 54.6 Å². The molecule has 5 nitrogen and oxygen atoms in total. The fraction of sp³-hybridized carbons (Fsp3) is 0.300. The zero-order chi connectivity index (χ0) is 17.6. The number of Topliss-reactive ketones (excluding diaryl/α,β-unsaturated/α-hetero) is 1. The molecule has 2 aromatic carbocycles. The first kappa shape index (κ1) is 17.2. The molecule has 1 saturated heterocycles. The van der Waals surface area contributed by atoms with E-state index in [1.165, 1.54) is 0 Å². The highest BCUT2D eigenvalue weighted by Crippen LogP contribution is 2.20. The molecule has 0 radical (unpaired) electrons. The van der Waals surface area contributed by atoms with Gasteiger partial charge in [0.05, 0.1) is 7.11 Å². The highest BCUT2D eigenvalue weighted by atomic mass is 16.5. The summed E-state index contributed by atoms with van der Waals surface area (Å²) in [4.78, 5) is 27.6. The molecule has 1 fully saturated rings. The van der Waals surface area contributed by atoms with E-state index in [9.17, 15) is 9.59 Å². The maximum absolute atomic E-state index is 13.0. The summed E-state index contributed by atoms with van der Waals surface area (Å²) in [5, 5.41) is 0. The Balaban J connectivity index is 1.83. The molecule has 0 N–H and O–H groups in total. The fourth-order valence-electron chi connectivity index (χ4n) is 3.00. The number of carbonyl (C=O) groups is 2. The average Bonchev–Trinajstić information content (AvgIpc) is 3.17. The van der Waals surface area contributed by atoms with Crippen LogP contribution in [0.2, 0.25) is 0 Å². The number of esters is 1. The van der Waals surface area contributed by atoms with E-state index in [0.29, 0.717) is 17.1 Å². The Hall–Kier alpha value is -2.66. The number of methoxy groups -OCH3 is 1. The van der Waals surface area contributed by atoms with E-state index in [0.717, 1.165) is 25.9 Å². The molecule has 1 unspecified atom stereocenters. The largest absolute Gasteiger partial charge is 0.497 e. The van der Waals surface area contributed by atoms with Gasteiger partial charge < -0.3 is 9.47 Å². The first-order valence-corrected chi connectivity index (χ1v) is 8.38. The lowest BCUT2D eigenvalue weighted by molar-refractivity contribution is -0.138. The molecular formula is C20H21NO4. The number of likely N-dealkylation sites (tertiary alicyclic amines) is 1. The van der Waals surface area contributed by atoms with Crippen LogP contribution in [0.1, 0.15) is 23.2 Å². The smallest absolute Gasteiger partial charge is 0.336 e. The van der Waals surface area contributed by atoms with Crippen LogP contribution in [0.3, 0.4) is 0 Å². The molecule has 25 heavy (non-hydrogen) atoms. The minimum absolute atomic E-state index is 0.245. The van der Waals surface area contributed by atoms with E-state index in [-0.39, 0.29) is 5.78 Å². The topological polar surface area (TPSA) is 55.8 Å². The van der Waals surface area contributed by atoms with Crippen LogP contribution in [-0.4, -0.2) is 42.9 Å². The number of hydrogen-bond acceptors (Lipinski definition) is 5. The molecule has 0 saturated carbocycles. The quantitative estimate of drug-likeness (QED) is 0.350. The summed E-state index contributed by atoms with van der Waals surface area (Å²) in [6.45, 7) is 1.44. The van der Waals surface area contributed by atoms with Crippen LogP contribution in [0.25, 0.3) is 0 Å². The monoisotopic (exact) mass is 339 g/mol. The fourth-order valence-corrected chi connectivity index (χ4v) is 3.00. The van der Waals surface area contributed by atoms with E-state index in [1.807, 2.05) is 11.0 Å². The predicted molar refractivity (Wildman–Crippen MR) is 94.0 cm³/mol. The Morgan fingerprint density at radius 1 is 0.920 bits per heavy atom. The molecule has 130 valence electrons. The minimum Gasteiger partial charge on any atom is -0.497 e. The van der Waals surface area contributed by atoms with Gasteiger partial charge in [0.15, 0.2) is 11.8 Å². The summed E-state index contributed by atoms with van der Waals surface area (Å²) in [6, 6.07) is 14.7. The Bertz CT molecular complexity index is 721. The Labute approximate surface area is 147 Å². The zero-order valence-electron chi connectivity index (χ0n) is 14.2. The second-order valence-corrected chi connectivity index (χ2v) is 5.97. The van der Waals surface area contributed by atoms with Crippen molar-refractivity contribution >= 4 is 11.8 Å². The highest BCUT2D eigenvalue weighted by Gasteiger charge is 2.36. The summed E-state index contributed by atoms with van der Waals surface area (Å²) < 4.78 is 10.6. The molecule has 0 bridgehead atoms. The minimum atomic E-state index is -0.920. The normalized spacial score (nSPS) is 15.6. The van der Waals surface area contributed by atoms with E-state index >= 15 is 0 Å². The van der Waals surface area contributed by atoms with Crippen molar-refractivity contribution in [3.05, 3.63) is 60.2 Å². The highest BCUT2D eigenvalue weighted by molar-refractivity contribution is 6.12. The first-order chi connectivity index (χ1) is 12.2.